The summed E-state index contributed by atoms with van der Waals surface area (Å²) in [5, 5.41) is 2.89. The second-order valence-corrected chi connectivity index (χ2v) is 12.2. The summed E-state index contributed by atoms with van der Waals surface area (Å²) in [6.45, 7) is 10.0. The Morgan fingerprint density at radius 1 is 0.953 bits per heavy atom. The molecule has 1 aromatic heterocycles. The number of carbonyl (C=O) groups is 3. The van der Waals surface area contributed by atoms with Crippen LogP contribution in [-0.4, -0.2) is 69.6 Å². The Morgan fingerprint density at radius 3 is 2.14 bits per heavy atom. The van der Waals surface area contributed by atoms with Crippen molar-refractivity contribution in [3.05, 3.63) is 95.7 Å². The number of pyridine rings is 1. The van der Waals surface area contributed by atoms with E-state index in [0.29, 0.717) is 23.7 Å². The van der Waals surface area contributed by atoms with Crippen LogP contribution in [0.2, 0.25) is 0 Å². The van der Waals surface area contributed by atoms with E-state index in [0.717, 1.165) is 11.1 Å². The molecule has 0 spiro atoms. The predicted molar refractivity (Wildman–Crippen MR) is 166 cm³/mol. The van der Waals surface area contributed by atoms with Crippen molar-refractivity contribution in [2.75, 3.05) is 19.7 Å². The van der Waals surface area contributed by atoms with Gasteiger partial charge in [-0.05, 0) is 51.0 Å². The Hall–Kier alpha value is -3.89. The van der Waals surface area contributed by atoms with E-state index < -0.39 is 29.2 Å². The number of esters is 1. The van der Waals surface area contributed by atoms with Crippen LogP contribution in [0.15, 0.2) is 84.0 Å². The van der Waals surface area contributed by atoms with Gasteiger partial charge >= 0.3 is 12.1 Å². The molecule has 2 atom stereocenters. The SMILES string of the molecule is CCOC(=O)c1cccnc1SC1C(NC(=O)OC(C)(C)C)N(C(=O)CC)CCN1C(c1ccccc1)c1ccccc1. The van der Waals surface area contributed by atoms with Crippen molar-refractivity contribution in [3.63, 3.8) is 0 Å². The topological polar surface area (TPSA) is 101 Å². The molecule has 3 aromatic rings. The van der Waals surface area contributed by atoms with Gasteiger partial charge in [0.15, 0.2) is 0 Å². The maximum absolute atomic E-state index is 13.3. The molecule has 9 nitrogen and oxygen atoms in total. The third kappa shape index (κ3) is 8.14. The van der Waals surface area contributed by atoms with Gasteiger partial charge in [-0.3, -0.25) is 15.0 Å². The lowest BCUT2D eigenvalue weighted by Gasteiger charge is -2.50. The average molecular weight is 605 g/mol. The Bertz CT molecular complexity index is 1340. The number of hydrogen-bond donors (Lipinski definition) is 1. The summed E-state index contributed by atoms with van der Waals surface area (Å²) < 4.78 is 11.0. The highest BCUT2D eigenvalue weighted by Crippen LogP contribution is 2.40. The zero-order valence-electron chi connectivity index (χ0n) is 25.4. The first-order valence-electron chi connectivity index (χ1n) is 14.6. The van der Waals surface area contributed by atoms with Gasteiger partial charge < -0.3 is 14.4 Å². The van der Waals surface area contributed by atoms with E-state index in [-0.39, 0.29) is 25.0 Å². The molecule has 0 bridgehead atoms. The number of benzene rings is 2. The number of alkyl carbamates (subject to hydrolysis) is 1. The molecule has 43 heavy (non-hydrogen) atoms. The van der Waals surface area contributed by atoms with Crippen molar-refractivity contribution in [2.24, 2.45) is 0 Å². The van der Waals surface area contributed by atoms with Crippen LogP contribution in [0, 0.1) is 0 Å². The average Bonchev–Trinajstić information content (AvgIpc) is 2.99. The maximum atomic E-state index is 13.3. The Morgan fingerprint density at radius 2 is 1.58 bits per heavy atom. The highest BCUT2D eigenvalue weighted by molar-refractivity contribution is 7.99. The number of piperazine rings is 1. The van der Waals surface area contributed by atoms with Gasteiger partial charge in [-0.1, -0.05) is 79.3 Å². The molecule has 228 valence electrons. The summed E-state index contributed by atoms with van der Waals surface area (Å²) in [5.41, 5.74) is 1.68. The van der Waals surface area contributed by atoms with Gasteiger partial charge in [-0.25, -0.2) is 14.6 Å². The summed E-state index contributed by atoms with van der Waals surface area (Å²) in [7, 11) is 0. The molecular weight excluding hydrogens is 564 g/mol. The summed E-state index contributed by atoms with van der Waals surface area (Å²) in [4.78, 5) is 48.1. The number of aromatic nitrogens is 1. The first-order valence-corrected chi connectivity index (χ1v) is 15.4. The summed E-state index contributed by atoms with van der Waals surface area (Å²) >= 11 is 1.32. The highest BCUT2D eigenvalue weighted by atomic mass is 32.2. The van der Waals surface area contributed by atoms with Crippen LogP contribution in [0.1, 0.15) is 68.6 Å². The molecule has 1 saturated heterocycles. The van der Waals surface area contributed by atoms with Crippen LogP contribution >= 0.6 is 11.8 Å². The number of nitrogens with one attached hydrogen (secondary N) is 1. The van der Waals surface area contributed by atoms with E-state index in [1.165, 1.54) is 11.8 Å². The zero-order chi connectivity index (χ0) is 31.0. The highest BCUT2D eigenvalue weighted by Gasteiger charge is 2.44. The molecule has 2 amide bonds. The molecule has 1 aliphatic heterocycles. The van der Waals surface area contributed by atoms with Crippen molar-refractivity contribution < 1.29 is 23.9 Å². The van der Waals surface area contributed by atoms with Gasteiger partial charge in [0, 0.05) is 25.7 Å². The van der Waals surface area contributed by atoms with Gasteiger partial charge in [0.1, 0.15) is 22.2 Å². The minimum atomic E-state index is -0.798. The molecule has 4 rings (SSSR count). The predicted octanol–water partition coefficient (Wildman–Crippen LogP) is 5.87. The van der Waals surface area contributed by atoms with E-state index >= 15 is 0 Å². The molecule has 10 heteroatoms. The third-order valence-electron chi connectivity index (χ3n) is 6.88. The van der Waals surface area contributed by atoms with Gasteiger partial charge in [0.05, 0.1) is 18.2 Å². The molecule has 0 radical (unpaired) electrons. The number of hydrogen-bond acceptors (Lipinski definition) is 8. The first-order chi connectivity index (χ1) is 20.6. The molecule has 2 heterocycles. The monoisotopic (exact) mass is 604 g/mol. The van der Waals surface area contributed by atoms with E-state index in [4.69, 9.17) is 9.47 Å². The number of amides is 2. The van der Waals surface area contributed by atoms with E-state index in [1.807, 2.05) is 36.4 Å². The third-order valence-corrected chi connectivity index (χ3v) is 8.20. The molecular formula is C33H40N4O5S. The van der Waals surface area contributed by atoms with Crippen LogP contribution in [0.5, 0.6) is 0 Å². The first kappa shape index (κ1) is 32.0. The van der Waals surface area contributed by atoms with Crippen molar-refractivity contribution in [1.82, 2.24) is 20.1 Å². The van der Waals surface area contributed by atoms with Crippen molar-refractivity contribution in [1.29, 1.82) is 0 Å². The smallest absolute Gasteiger partial charge is 0.409 e. The summed E-state index contributed by atoms with van der Waals surface area (Å²) in [6.07, 6.45) is 0.451. The Kier molecular flexibility index (Phi) is 10.8. The van der Waals surface area contributed by atoms with Crippen LogP contribution in [0.3, 0.4) is 0 Å². The number of rotatable bonds is 9. The van der Waals surface area contributed by atoms with Crippen LogP contribution in [0.4, 0.5) is 4.79 Å². The fourth-order valence-corrected chi connectivity index (χ4v) is 6.44. The molecule has 1 fully saturated rings. The van der Waals surface area contributed by atoms with Gasteiger partial charge in [-0.2, -0.15) is 0 Å². The second-order valence-electron chi connectivity index (χ2n) is 11.1. The molecule has 2 unspecified atom stereocenters. The summed E-state index contributed by atoms with van der Waals surface area (Å²) in [6, 6.07) is 23.4. The fraction of sp³-hybridized carbons (Fsp3) is 0.394. The number of carbonyl (C=O) groups excluding carboxylic acids is 3. The normalized spacial score (nSPS) is 17.4. The quantitative estimate of drug-likeness (QED) is 0.303. The molecule has 1 N–H and O–H groups in total. The molecule has 0 saturated carbocycles. The summed E-state index contributed by atoms with van der Waals surface area (Å²) in [5.74, 6) is -0.588. The van der Waals surface area contributed by atoms with Crippen molar-refractivity contribution in [3.8, 4) is 0 Å². The number of ether oxygens (including phenoxy) is 2. The zero-order valence-corrected chi connectivity index (χ0v) is 26.2. The van der Waals surface area contributed by atoms with Crippen LogP contribution in [0.25, 0.3) is 0 Å². The van der Waals surface area contributed by atoms with E-state index in [9.17, 15) is 14.4 Å². The number of thioether (sulfide) groups is 1. The van der Waals surface area contributed by atoms with Crippen LogP contribution in [-0.2, 0) is 14.3 Å². The fourth-order valence-electron chi connectivity index (χ4n) is 5.10. The van der Waals surface area contributed by atoms with Crippen LogP contribution < -0.4 is 5.32 Å². The second kappa shape index (κ2) is 14.5. The molecule has 0 aliphatic carbocycles. The number of nitrogens with zero attached hydrogens (tertiary/aromatic N) is 3. The van der Waals surface area contributed by atoms with Crippen molar-refractivity contribution >= 4 is 29.7 Å². The largest absolute Gasteiger partial charge is 0.462 e. The van der Waals surface area contributed by atoms with Gasteiger partial charge in [0.2, 0.25) is 5.91 Å². The molecule has 1 aliphatic rings. The minimum absolute atomic E-state index is 0.103. The van der Waals surface area contributed by atoms with E-state index in [1.54, 1.807) is 57.8 Å². The standard InChI is InChI=1S/C33H40N4O5S/c1-6-26(38)36-21-22-37(27(23-15-10-8-11-16-23)24-17-12-9-13-18-24)30(28(36)35-32(40)42-33(3,4)5)43-29-25(19-14-20-34-29)31(39)41-7-2/h8-20,27-28,30H,6-7,21-22H2,1-5H3,(H,35,40). The van der Waals surface area contributed by atoms with Crippen molar-refractivity contribution in [2.45, 2.75) is 69.2 Å². The lowest BCUT2D eigenvalue weighted by molar-refractivity contribution is -0.137. The lowest BCUT2D eigenvalue weighted by atomic mass is 9.96. The van der Waals surface area contributed by atoms with E-state index in [2.05, 4.69) is 39.5 Å². The lowest BCUT2D eigenvalue weighted by Crippen LogP contribution is -2.66. The van der Waals surface area contributed by atoms with Gasteiger partial charge in [0.25, 0.3) is 0 Å². The minimum Gasteiger partial charge on any atom is -0.462 e. The Balaban J connectivity index is 1.87. The van der Waals surface area contributed by atoms with Gasteiger partial charge in [-0.15, -0.1) is 0 Å². The molecule has 2 aromatic carbocycles. The Labute approximate surface area is 258 Å². The maximum Gasteiger partial charge on any atom is 0.409 e.